The molecular formula is C55H65F2N9O9S2. The van der Waals surface area contributed by atoms with Crippen LogP contribution in [0.4, 0.5) is 20.3 Å². The SMILES string of the molecule is Cc1ncsc1-c1ccc(ONC(=O)[C@@H]2C[C@@H](O)CN2C(=O)[C@@H](NC(=O)CCCCCCCCCCNC(=O)c2cc3c(cc2CS(C)(=O)=O)-c2cn(C)c(=O)c4[nH]cc(c24)CN3c2ncc(F)cc2F)C(C)(C)C)cc1. The van der Waals surface area contributed by atoms with Crippen LogP contribution in [-0.2, 0) is 43.6 Å². The Bertz CT molecular complexity index is 3350. The average Bonchev–Trinajstić information content (AvgIpc) is 4.17. The van der Waals surface area contributed by atoms with Gasteiger partial charge in [-0.2, -0.15) is 5.48 Å². The van der Waals surface area contributed by atoms with Gasteiger partial charge in [-0.05, 0) is 78.3 Å². The molecule has 410 valence electrons. The third kappa shape index (κ3) is 13.2. The van der Waals surface area contributed by atoms with Crippen LogP contribution in [-0.4, -0.2) is 99.1 Å². The molecule has 8 rings (SSSR count). The number of benzene rings is 2. The van der Waals surface area contributed by atoms with Crippen LogP contribution in [0.5, 0.6) is 5.75 Å². The van der Waals surface area contributed by atoms with Gasteiger partial charge in [0.15, 0.2) is 27.2 Å². The minimum Gasteiger partial charge on any atom is -0.391 e. The molecular weight excluding hydrogens is 1030 g/mol. The zero-order chi connectivity index (χ0) is 55.3. The molecule has 4 aromatic heterocycles. The Morgan fingerprint density at radius 1 is 0.974 bits per heavy atom. The number of unbranched alkanes of at least 4 members (excludes halogenated alkanes) is 7. The summed E-state index contributed by atoms with van der Waals surface area (Å²) in [5.41, 5.74) is 7.55. The molecule has 0 aliphatic carbocycles. The van der Waals surface area contributed by atoms with Crippen LogP contribution in [0.3, 0.4) is 0 Å². The van der Waals surface area contributed by atoms with Crippen molar-refractivity contribution in [3.63, 3.8) is 0 Å². The number of aliphatic hydroxyl groups excluding tert-OH is 1. The minimum absolute atomic E-state index is 0.00869. The zero-order valence-electron chi connectivity index (χ0n) is 44.0. The standard InChI is InChI=1S/C55H65F2N9O9S2/c1-32-48(76-31-61-32)33-16-18-38(19-17-33)75-63-52(70)44-23-37(67)28-66(44)54(72)49(55(2,3)4)62-45(68)15-13-11-9-7-8-10-12-14-20-58-51(69)39-24-43-40(21-34(39)30-77(6,73)74)41-29-64(5)53(71)47-46(41)35(25-59-47)27-65(43)50-42(57)22-36(56)26-60-50/h16-19,21-22,24-26,29,31,37,44,49,59,67H,7-15,20,23,27-28,30H2,1-6H3,(H,58,69)(H,62,68)(H,63,70)/t37-,44+,49-/m1/s1. The van der Waals surface area contributed by atoms with Gasteiger partial charge in [0.05, 0.1) is 46.4 Å². The third-order valence-electron chi connectivity index (χ3n) is 14.0. The van der Waals surface area contributed by atoms with Crippen LogP contribution >= 0.6 is 11.3 Å². The molecule has 0 spiro atoms. The Balaban J connectivity index is 0.795. The van der Waals surface area contributed by atoms with Crippen molar-refractivity contribution < 1.29 is 46.3 Å². The Kier molecular flexibility index (Phi) is 17.3. The van der Waals surface area contributed by atoms with E-state index in [9.17, 15) is 41.9 Å². The molecule has 22 heteroatoms. The van der Waals surface area contributed by atoms with Crippen LogP contribution in [0, 0.1) is 24.0 Å². The third-order valence-corrected chi connectivity index (χ3v) is 15.8. The maximum atomic E-state index is 15.5. The lowest BCUT2D eigenvalue weighted by atomic mass is 9.85. The molecule has 2 aliphatic rings. The number of aromatic amines is 1. The number of likely N-dealkylation sites (tertiary alicyclic amines) is 1. The molecule has 0 unspecified atom stereocenters. The molecule has 4 amide bonds. The summed E-state index contributed by atoms with van der Waals surface area (Å²) in [5, 5.41) is 17.0. The normalized spacial score (nSPS) is 15.8. The Morgan fingerprint density at radius 3 is 2.34 bits per heavy atom. The molecule has 0 saturated carbocycles. The first-order valence-corrected chi connectivity index (χ1v) is 28.7. The quantitative estimate of drug-likeness (QED) is 0.0345. The number of hydroxylamine groups is 1. The van der Waals surface area contributed by atoms with E-state index in [-0.39, 0.29) is 54.3 Å². The van der Waals surface area contributed by atoms with Gasteiger partial charge < -0.3 is 39.9 Å². The molecule has 0 radical (unpaired) electrons. The van der Waals surface area contributed by atoms with Crippen LogP contribution in [0.15, 0.2) is 71.4 Å². The van der Waals surface area contributed by atoms with Crippen molar-refractivity contribution in [1.82, 2.24) is 40.5 Å². The molecule has 6 aromatic rings. The van der Waals surface area contributed by atoms with E-state index in [4.69, 9.17) is 4.84 Å². The maximum absolute atomic E-state index is 15.5. The predicted molar refractivity (Wildman–Crippen MR) is 290 cm³/mol. The van der Waals surface area contributed by atoms with Crippen molar-refractivity contribution in [3.8, 4) is 27.3 Å². The van der Waals surface area contributed by atoms with Gasteiger partial charge in [-0.1, -0.05) is 59.3 Å². The number of aromatic nitrogens is 4. The second-order valence-electron chi connectivity index (χ2n) is 21.1. The number of hydrogen-bond donors (Lipinski definition) is 5. The first-order valence-electron chi connectivity index (χ1n) is 25.7. The topological polar surface area (TPSA) is 238 Å². The van der Waals surface area contributed by atoms with Gasteiger partial charge in [0.2, 0.25) is 11.8 Å². The first kappa shape index (κ1) is 56.2. The smallest absolute Gasteiger partial charge is 0.275 e. The van der Waals surface area contributed by atoms with Gasteiger partial charge in [0, 0.05) is 79.8 Å². The van der Waals surface area contributed by atoms with E-state index in [1.807, 2.05) is 39.8 Å². The lowest BCUT2D eigenvalue weighted by Gasteiger charge is -2.35. The van der Waals surface area contributed by atoms with Gasteiger partial charge in [0.25, 0.3) is 17.4 Å². The van der Waals surface area contributed by atoms with Crippen molar-refractivity contribution >= 4 is 67.2 Å². The molecule has 0 bridgehead atoms. The molecule has 2 aromatic carbocycles. The van der Waals surface area contributed by atoms with E-state index < -0.39 is 68.5 Å². The minimum atomic E-state index is -3.67. The van der Waals surface area contributed by atoms with Crippen molar-refractivity contribution in [3.05, 3.63) is 111 Å². The number of halogens is 2. The molecule has 1 saturated heterocycles. The highest BCUT2D eigenvalue weighted by Crippen LogP contribution is 2.45. The fraction of sp³-hybridized carbons (Fsp3) is 0.436. The summed E-state index contributed by atoms with van der Waals surface area (Å²) in [4.78, 5) is 88.6. The van der Waals surface area contributed by atoms with Crippen molar-refractivity contribution in [2.75, 3.05) is 24.2 Å². The summed E-state index contributed by atoms with van der Waals surface area (Å²) in [6.07, 6.45) is 11.0. The van der Waals surface area contributed by atoms with E-state index in [1.165, 1.54) is 31.8 Å². The number of nitrogens with zero attached hydrogens (tertiary/aromatic N) is 5. The number of H-pyrrole nitrogens is 1. The van der Waals surface area contributed by atoms with E-state index in [1.54, 1.807) is 43.2 Å². The van der Waals surface area contributed by atoms with Crippen LogP contribution in [0.1, 0.15) is 112 Å². The number of aryl methyl sites for hydroxylation is 2. The highest BCUT2D eigenvalue weighted by molar-refractivity contribution is 7.89. The summed E-state index contributed by atoms with van der Waals surface area (Å²) < 4.78 is 56.6. The summed E-state index contributed by atoms with van der Waals surface area (Å²) in [6.45, 7) is 7.65. The molecule has 6 heterocycles. The van der Waals surface area contributed by atoms with Crippen molar-refractivity contribution in [2.24, 2.45) is 12.5 Å². The number of pyridine rings is 2. The number of rotatable bonds is 21. The lowest BCUT2D eigenvalue weighted by molar-refractivity contribution is -0.145. The molecule has 5 N–H and O–H groups in total. The number of thiazole rings is 1. The molecule has 18 nitrogen and oxygen atoms in total. The Labute approximate surface area is 449 Å². The van der Waals surface area contributed by atoms with Crippen LogP contribution in [0.25, 0.3) is 32.5 Å². The fourth-order valence-corrected chi connectivity index (χ4v) is 11.7. The van der Waals surface area contributed by atoms with Gasteiger partial charge in [-0.15, -0.1) is 11.3 Å². The average molecular weight is 1100 g/mol. The van der Waals surface area contributed by atoms with E-state index in [0.717, 1.165) is 67.1 Å². The van der Waals surface area contributed by atoms with Crippen molar-refractivity contribution in [1.29, 1.82) is 0 Å². The number of carbonyl (C=O) groups is 4. The number of hydrogen-bond acceptors (Lipinski definition) is 13. The summed E-state index contributed by atoms with van der Waals surface area (Å²) >= 11 is 1.52. The second-order valence-corrected chi connectivity index (χ2v) is 24.1. The lowest BCUT2D eigenvalue weighted by Crippen LogP contribution is -2.58. The second kappa shape index (κ2) is 23.7. The number of aliphatic hydroxyl groups is 1. The molecule has 2 aliphatic heterocycles. The molecule has 3 atom stereocenters. The monoisotopic (exact) mass is 1100 g/mol. The Morgan fingerprint density at radius 2 is 1.68 bits per heavy atom. The maximum Gasteiger partial charge on any atom is 0.275 e. The van der Waals surface area contributed by atoms with Crippen LogP contribution in [0.2, 0.25) is 0 Å². The van der Waals surface area contributed by atoms with E-state index >= 15 is 4.39 Å². The summed E-state index contributed by atoms with van der Waals surface area (Å²) in [6, 6.07) is 9.00. The summed E-state index contributed by atoms with van der Waals surface area (Å²) in [5.74, 6) is -4.01. The van der Waals surface area contributed by atoms with Gasteiger partial charge in [-0.3, -0.25) is 24.0 Å². The molecule has 1 fully saturated rings. The number of carbonyl (C=O) groups excluding carboxylic acids is 4. The highest BCUT2D eigenvalue weighted by atomic mass is 32.2. The number of amides is 4. The number of β-amino-alcohol motifs (C(OH)–C–C–N with tert-alkyl or cyclic N) is 1. The van der Waals surface area contributed by atoms with Gasteiger partial charge in [0.1, 0.15) is 23.4 Å². The van der Waals surface area contributed by atoms with Crippen molar-refractivity contribution in [2.45, 2.75) is 122 Å². The van der Waals surface area contributed by atoms with Gasteiger partial charge >= 0.3 is 0 Å². The van der Waals surface area contributed by atoms with Gasteiger partial charge in [-0.25, -0.2) is 27.2 Å². The summed E-state index contributed by atoms with van der Waals surface area (Å²) in [7, 11) is -2.09. The first-order chi connectivity index (χ1) is 36.6. The predicted octanol–water partition coefficient (Wildman–Crippen LogP) is 7.68. The van der Waals surface area contributed by atoms with Crippen LogP contribution < -0.4 is 31.4 Å². The number of sulfone groups is 1. The van der Waals surface area contributed by atoms with E-state index in [0.29, 0.717) is 64.5 Å². The fourth-order valence-electron chi connectivity index (χ4n) is 10.1. The Hall–Kier alpha value is -7.04. The zero-order valence-corrected chi connectivity index (χ0v) is 45.6. The number of fused-ring (bicyclic) bond motifs is 2. The highest BCUT2D eigenvalue weighted by Gasteiger charge is 2.45. The number of anilines is 2. The number of nitrogens with one attached hydrogen (secondary N) is 4. The molecule has 77 heavy (non-hydrogen) atoms. The van der Waals surface area contributed by atoms with E-state index in [2.05, 4.69) is 31.1 Å². The largest absolute Gasteiger partial charge is 0.391 e.